The van der Waals surface area contributed by atoms with E-state index in [-0.39, 0.29) is 0 Å². The molecule has 110 valence electrons. The first kappa shape index (κ1) is 15.2. The largest absolute Gasteiger partial charge is 0.333 e. The molecule has 0 amide bonds. The Morgan fingerprint density at radius 2 is 2.20 bits per heavy atom. The van der Waals surface area contributed by atoms with Crippen LogP contribution in [-0.2, 0) is 19.4 Å². The number of imidazole rings is 1. The van der Waals surface area contributed by atoms with Crippen LogP contribution in [-0.4, -0.2) is 27.1 Å². The first-order chi connectivity index (χ1) is 9.60. The van der Waals surface area contributed by atoms with Crippen LogP contribution in [0.5, 0.6) is 0 Å². The van der Waals surface area contributed by atoms with Crippen LogP contribution in [0, 0.1) is 13.8 Å². The maximum atomic E-state index is 4.57. The number of thiazole rings is 1. The smallest absolute Gasteiger partial charge is 0.108 e. The van der Waals surface area contributed by atoms with Gasteiger partial charge in [-0.3, -0.25) is 0 Å². The minimum Gasteiger partial charge on any atom is -0.333 e. The molecule has 0 saturated carbocycles. The molecule has 0 spiro atoms. The predicted molar refractivity (Wildman–Crippen MR) is 84.4 cm³/mol. The lowest BCUT2D eigenvalue weighted by molar-refractivity contribution is 0.471. The maximum absolute atomic E-state index is 4.57. The lowest BCUT2D eigenvalue weighted by Crippen LogP contribution is -2.32. The Morgan fingerprint density at radius 1 is 1.40 bits per heavy atom. The zero-order chi connectivity index (χ0) is 14.5. The van der Waals surface area contributed by atoms with Gasteiger partial charge in [-0.15, -0.1) is 11.3 Å². The van der Waals surface area contributed by atoms with Gasteiger partial charge in [0.2, 0.25) is 0 Å². The molecule has 0 aromatic carbocycles. The standard InChI is InChI=1S/C15H24N4S/c1-5-14-17-8-9-19(14)10-11(2)16-7-6-15-18-12(3)13(4)20-15/h8-9,11,16H,5-7,10H2,1-4H3. The fourth-order valence-electron chi connectivity index (χ4n) is 2.25. The summed E-state index contributed by atoms with van der Waals surface area (Å²) >= 11 is 1.81. The van der Waals surface area contributed by atoms with Crippen molar-refractivity contribution in [2.24, 2.45) is 0 Å². The number of nitrogens with one attached hydrogen (secondary N) is 1. The molecule has 0 saturated heterocycles. The van der Waals surface area contributed by atoms with Crippen LogP contribution >= 0.6 is 11.3 Å². The predicted octanol–water partition coefficient (Wildman–Crippen LogP) is 2.74. The highest BCUT2D eigenvalue weighted by atomic mass is 32.1. The van der Waals surface area contributed by atoms with E-state index in [0.717, 1.165) is 31.8 Å². The van der Waals surface area contributed by atoms with Crippen LogP contribution in [0.2, 0.25) is 0 Å². The van der Waals surface area contributed by atoms with E-state index in [1.807, 2.05) is 17.5 Å². The van der Waals surface area contributed by atoms with Gasteiger partial charge in [0.05, 0.1) is 10.7 Å². The third kappa shape index (κ3) is 3.90. The fourth-order valence-corrected chi connectivity index (χ4v) is 3.19. The maximum Gasteiger partial charge on any atom is 0.108 e. The van der Waals surface area contributed by atoms with E-state index in [2.05, 4.69) is 53.7 Å². The van der Waals surface area contributed by atoms with Crippen LogP contribution in [0.15, 0.2) is 12.4 Å². The number of hydrogen-bond donors (Lipinski definition) is 1. The van der Waals surface area contributed by atoms with Crippen molar-refractivity contribution in [1.82, 2.24) is 19.9 Å². The van der Waals surface area contributed by atoms with Crippen LogP contribution in [0.4, 0.5) is 0 Å². The Balaban J connectivity index is 1.76. The summed E-state index contributed by atoms with van der Waals surface area (Å²) in [7, 11) is 0. The summed E-state index contributed by atoms with van der Waals surface area (Å²) in [5, 5.41) is 4.80. The van der Waals surface area contributed by atoms with Crippen molar-refractivity contribution in [1.29, 1.82) is 0 Å². The Morgan fingerprint density at radius 3 is 2.85 bits per heavy atom. The van der Waals surface area contributed by atoms with E-state index in [4.69, 9.17) is 0 Å². The van der Waals surface area contributed by atoms with Crippen LogP contribution in [0.1, 0.15) is 35.3 Å². The monoisotopic (exact) mass is 292 g/mol. The van der Waals surface area contributed by atoms with Gasteiger partial charge < -0.3 is 9.88 Å². The average Bonchev–Trinajstić information content (AvgIpc) is 2.97. The second-order valence-corrected chi connectivity index (χ2v) is 6.49. The van der Waals surface area contributed by atoms with Gasteiger partial charge >= 0.3 is 0 Å². The highest BCUT2D eigenvalue weighted by Crippen LogP contribution is 2.16. The SMILES string of the molecule is CCc1nccn1CC(C)NCCc1nc(C)c(C)s1. The molecule has 4 nitrogen and oxygen atoms in total. The number of rotatable bonds is 7. The van der Waals surface area contributed by atoms with Crippen molar-refractivity contribution in [3.05, 3.63) is 33.8 Å². The van der Waals surface area contributed by atoms with Gasteiger partial charge in [-0.2, -0.15) is 0 Å². The molecule has 0 aliphatic heterocycles. The molecule has 0 aliphatic rings. The van der Waals surface area contributed by atoms with Gasteiger partial charge in [0, 0.05) is 49.2 Å². The van der Waals surface area contributed by atoms with E-state index in [1.165, 1.54) is 15.6 Å². The quantitative estimate of drug-likeness (QED) is 0.853. The molecule has 1 N–H and O–H groups in total. The van der Waals surface area contributed by atoms with Crippen molar-refractivity contribution in [2.45, 2.75) is 53.1 Å². The Hall–Kier alpha value is -1.20. The Kier molecular flexibility index (Phi) is 5.31. The summed E-state index contributed by atoms with van der Waals surface area (Å²) in [6, 6.07) is 0.441. The highest BCUT2D eigenvalue weighted by molar-refractivity contribution is 7.11. The molecule has 20 heavy (non-hydrogen) atoms. The minimum atomic E-state index is 0.441. The molecule has 2 aromatic rings. The normalized spacial score (nSPS) is 12.8. The molecule has 5 heteroatoms. The van der Waals surface area contributed by atoms with E-state index in [1.54, 1.807) is 0 Å². The van der Waals surface area contributed by atoms with Crippen molar-refractivity contribution >= 4 is 11.3 Å². The van der Waals surface area contributed by atoms with Crippen molar-refractivity contribution in [2.75, 3.05) is 6.54 Å². The molecule has 1 atom stereocenters. The van der Waals surface area contributed by atoms with Gasteiger partial charge in [0.25, 0.3) is 0 Å². The molecular formula is C15H24N4S. The second-order valence-electron chi connectivity index (χ2n) is 5.20. The summed E-state index contributed by atoms with van der Waals surface area (Å²) < 4.78 is 2.23. The summed E-state index contributed by atoms with van der Waals surface area (Å²) in [6.45, 7) is 10.5. The van der Waals surface area contributed by atoms with Gasteiger partial charge in [-0.25, -0.2) is 9.97 Å². The van der Waals surface area contributed by atoms with E-state index >= 15 is 0 Å². The molecule has 1 unspecified atom stereocenters. The van der Waals surface area contributed by atoms with Crippen LogP contribution in [0.25, 0.3) is 0 Å². The van der Waals surface area contributed by atoms with Gasteiger partial charge in [-0.05, 0) is 20.8 Å². The molecule has 0 bridgehead atoms. The lowest BCUT2D eigenvalue weighted by Gasteiger charge is -2.15. The lowest BCUT2D eigenvalue weighted by atomic mass is 10.3. The first-order valence-corrected chi connectivity index (χ1v) is 8.08. The van der Waals surface area contributed by atoms with Crippen LogP contribution < -0.4 is 5.32 Å². The number of nitrogens with zero attached hydrogens (tertiary/aromatic N) is 3. The summed E-state index contributed by atoms with van der Waals surface area (Å²) in [4.78, 5) is 10.3. The summed E-state index contributed by atoms with van der Waals surface area (Å²) in [6.07, 6.45) is 5.93. The van der Waals surface area contributed by atoms with E-state index < -0.39 is 0 Å². The molecule has 2 rings (SSSR count). The van der Waals surface area contributed by atoms with Crippen molar-refractivity contribution in [3.63, 3.8) is 0 Å². The van der Waals surface area contributed by atoms with Crippen molar-refractivity contribution in [3.8, 4) is 0 Å². The van der Waals surface area contributed by atoms with Gasteiger partial charge in [0.15, 0.2) is 0 Å². The zero-order valence-electron chi connectivity index (χ0n) is 12.8. The van der Waals surface area contributed by atoms with Crippen molar-refractivity contribution < 1.29 is 0 Å². The second kappa shape index (κ2) is 6.99. The molecule has 0 fully saturated rings. The summed E-state index contributed by atoms with van der Waals surface area (Å²) in [5.74, 6) is 1.16. The third-order valence-corrected chi connectivity index (χ3v) is 4.63. The van der Waals surface area contributed by atoms with Crippen LogP contribution in [0.3, 0.4) is 0 Å². The molecule has 0 radical (unpaired) electrons. The zero-order valence-corrected chi connectivity index (χ0v) is 13.6. The highest BCUT2D eigenvalue weighted by Gasteiger charge is 2.07. The number of aromatic nitrogens is 3. The van der Waals surface area contributed by atoms with E-state index in [9.17, 15) is 0 Å². The minimum absolute atomic E-state index is 0.441. The molecule has 2 aromatic heterocycles. The number of hydrogen-bond acceptors (Lipinski definition) is 4. The average molecular weight is 292 g/mol. The number of aryl methyl sites for hydroxylation is 3. The summed E-state index contributed by atoms with van der Waals surface area (Å²) in [5.41, 5.74) is 1.17. The Bertz CT molecular complexity index is 524. The Labute approximate surface area is 125 Å². The fraction of sp³-hybridized carbons (Fsp3) is 0.600. The molecule has 0 aliphatic carbocycles. The first-order valence-electron chi connectivity index (χ1n) is 7.26. The topological polar surface area (TPSA) is 42.7 Å². The van der Waals surface area contributed by atoms with Gasteiger partial charge in [0.1, 0.15) is 5.82 Å². The van der Waals surface area contributed by atoms with Gasteiger partial charge in [-0.1, -0.05) is 6.92 Å². The third-order valence-electron chi connectivity index (χ3n) is 3.49. The van der Waals surface area contributed by atoms with E-state index in [0.29, 0.717) is 6.04 Å². The molecule has 2 heterocycles. The molecular weight excluding hydrogens is 268 g/mol.